The number of thioether (sulfide) groups is 1. The molecule has 3 heteroatoms. The van der Waals surface area contributed by atoms with Crippen LogP contribution in [0.5, 0.6) is 0 Å². The highest BCUT2D eigenvalue weighted by Crippen LogP contribution is 2.38. The topological polar surface area (TPSA) is 12.4 Å². The third-order valence-corrected chi connectivity index (χ3v) is 8.04. The maximum atomic E-state index is 5.23. The van der Waals surface area contributed by atoms with Crippen molar-refractivity contribution in [3.05, 3.63) is 93.5 Å². The van der Waals surface area contributed by atoms with Crippen LogP contribution < -0.4 is 0 Å². The standard InChI is InChI=1S/C31H39NS2/c1-20-16-21(2)27(22(3)17-20)29(33-25-14-12-11-13-15-25)34-32-28-23(4)18-24(30(5,6)7)19-26(28)31(8,9)10/h11-19H,1-10H3. The summed E-state index contributed by atoms with van der Waals surface area (Å²) in [5.74, 6) is 0. The van der Waals surface area contributed by atoms with E-state index < -0.39 is 0 Å². The fourth-order valence-corrected chi connectivity index (χ4v) is 6.52. The Morgan fingerprint density at radius 1 is 0.706 bits per heavy atom. The van der Waals surface area contributed by atoms with Crippen molar-refractivity contribution < 1.29 is 0 Å². The van der Waals surface area contributed by atoms with Crippen molar-refractivity contribution >= 4 is 32.8 Å². The van der Waals surface area contributed by atoms with Crippen LogP contribution in [-0.2, 0) is 22.0 Å². The molecule has 0 heterocycles. The first-order valence-corrected chi connectivity index (χ1v) is 13.6. The van der Waals surface area contributed by atoms with Crippen molar-refractivity contribution in [3.8, 4) is 0 Å². The van der Waals surface area contributed by atoms with E-state index in [0.717, 1.165) is 5.69 Å². The van der Waals surface area contributed by atoms with E-state index in [-0.39, 0.29) is 10.8 Å². The Kier molecular flexibility index (Phi) is 7.99. The SMILES string of the molecule is Cc1cc(C)c(C(Sc2ccccc2)=S=Nc2c(C)cc(C(C)(C)C)cc2C(C)(C)C)c(C)c1. The van der Waals surface area contributed by atoms with Crippen LogP contribution in [0.3, 0.4) is 0 Å². The number of nitrogens with zero attached hydrogens (tertiary/aromatic N) is 1. The Hall–Kier alpha value is -2.10. The van der Waals surface area contributed by atoms with Gasteiger partial charge in [0, 0.05) is 10.5 Å². The molecule has 3 rings (SSSR count). The van der Waals surface area contributed by atoms with Crippen molar-refractivity contribution in [1.82, 2.24) is 0 Å². The maximum absolute atomic E-state index is 5.23. The van der Waals surface area contributed by atoms with E-state index in [4.69, 9.17) is 4.36 Å². The second-order valence-electron chi connectivity index (χ2n) is 11.3. The van der Waals surface area contributed by atoms with Crippen LogP contribution >= 0.6 is 11.8 Å². The molecule has 0 radical (unpaired) electrons. The number of aryl methyl sites for hydroxylation is 4. The molecule has 0 aromatic heterocycles. The highest BCUT2D eigenvalue weighted by molar-refractivity contribution is 8.21. The van der Waals surface area contributed by atoms with Crippen molar-refractivity contribution in [3.63, 3.8) is 0 Å². The molecule has 1 nitrogen and oxygen atoms in total. The zero-order valence-corrected chi connectivity index (χ0v) is 24.1. The molecule has 180 valence electrons. The summed E-state index contributed by atoms with van der Waals surface area (Å²) in [6, 6.07) is 19.9. The van der Waals surface area contributed by atoms with Gasteiger partial charge in [0.05, 0.1) is 9.88 Å². The first kappa shape index (κ1) is 26.5. The Bertz CT molecular complexity index is 1230. The van der Waals surface area contributed by atoms with Gasteiger partial charge in [-0.3, -0.25) is 0 Å². The monoisotopic (exact) mass is 489 g/mol. The predicted molar refractivity (Wildman–Crippen MR) is 155 cm³/mol. The number of rotatable bonds is 3. The van der Waals surface area contributed by atoms with Gasteiger partial charge in [-0.25, -0.2) is 0 Å². The van der Waals surface area contributed by atoms with Crippen LogP contribution in [0.2, 0.25) is 0 Å². The Balaban J connectivity index is 2.28. The van der Waals surface area contributed by atoms with Crippen LogP contribution in [0.4, 0.5) is 5.69 Å². The molecule has 0 atom stereocenters. The zero-order chi connectivity index (χ0) is 25.3. The predicted octanol–water partition coefficient (Wildman–Crippen LogP) is 9.38. The molecule has 0 aliphatic rings. The molecule has 0 spiro atoms. The van der Waals surface area contributed by atoms with Gasteiger partial charge in [0.1, 0.15) is 0 Å². The summed E-state index contributed by atoms with van der Waals surface area (Å²) in [5, 5.41) is 0. The highest BCUT2D eigenvalue weighted by Gasteiger charge is 2.24. The van der Waals surface area contributed by atoms with Gasteiger partial charge in [0.25, 0.3) is 0 Å². The van der Waals surface area contributed by atoms with E-state index in [1.54, 1.807) is 11.1 Å². The van der Waals surface area contributed by atoms with E-state index in [1.165, 1.54) is 48.0 Å². The van der Waals surface area contributed by atoms with Gasteiger partial charge in [-0.1, -0.05) is 101 Å². The van der Waals surface area contributed by atoms with Gasteiger partial charge in [-0.05, 0) is 89.6 Å². The first-order valence-electron chi connectivity index (χ1n) is 12.0. The van der Waals surface area contributed by atoms with Crippen molar-refractivity contribution in [2.24, 2.45) is 4.36 Å². The molecule has 3 aromatic rings. The molecular weight excluding hydrogens is 450 g/mol. The lowest BCUT2D eigenvalue weighted by Gasteiger charge is -2.27. The molecule has 0 saturated heterocycles. The van der Waals surface area contributed by atoms with Crippen molar-refractivity contribution in [2.45, 2.75) is 85.0 Å². The lowest BCUT2D eigenvalue weighted by Crippen LogP contribution is -2.17. The van der Waals surface area contributed by atoms with Crippen LogP contribution in [0.25, 0.3) is 0 Å². The summed E-state index contributed by atoms with van der Waals surface area (Å²) in [6.45, 7) is 22.5. The van der Waals surface area contributed by atoms with Crippen LogP contribution in [0.1, 0.15) is 80.5 Å². The minimum atomic E-state index is 0.00778. The van der Waals surface area contributed by atoms with Crippen LogP contribution in [0.15, 0.2) is 63.9 Å². The minimum absolute atomic E-state index is 0.00778. The molecule has 0 N–H and O–H groups in total. The fourth-order valence-electron chi connectivity index (χ4n) is 4.21. The molecular formula is C31H39NS2. The van der Waals surface area contributed by atoms with E-state index >= 15 is 0 Å². The molecule has 0 unspecified atom stereocenters. The fraction of sp³-hybridized carbons (Fsp3) is 0.387. The summed E-state index contributed by atoms with van der Waals surface area (Å²) in [5.41, 5.74) is 10.3. The third kappa shape index (κ3) is 6.31. The summed E-state index contributed by atoms with van der Waals surface area (Å²) in [7, 11) is 0. The third-order valence-electron chi connectivity index (χ3n) is 6.03. The normalized spacial score (nSPS) is 11.9. The average Bonchev–Trinajstić information content (AvgIpc) is 2.70. The zero-order valence-electron chi connectivity index (χ0n) is 22.5. The van der Waals surface area contributed by atoms with E-state index in [9.17, 15) is 0 Å². The minimum Gasteiger partial charge on any atom is -0.192 e. The molecule has 0 bridgehead atoms. The smallest absolute Gasteiger partial charge is 0.0916 e. The Labute approximate surface area is 215 Å². The van der Waals surface area contributed by atoms with Gasteiger partial charge in [-0.15, -0.1) is 0 Å². The summed E-state index contributed by atoms with van der Waals surface area (Å²) in [4.78, 5) is 1.23. The van der Waals surface area contributed by atoms with Gasteiger partial charge in [0.2, 0.25) is 0 Å². The molecule has 0 fully saturated rings. The maximum Gasteiger partial charge on any atom is 0.0916 e. The van der Waals surface area contributed by atoms with E-state index in [2.05, 4.69) is 124 Å². The molecule has 3 aromatic carbocycles. The van der Waals surface area contributed by atoms with Gasteiger partial charge in [0.15, 0.2) is 0 Å². The second-order valence-corrected chi connectivity index (χ2v) is 13.5. The molecule has 0 aliphatic carbocycles. The Morgan fingerprint density at radius 3 is 1.82 bits per heavy atom. The lowest BCUT2D eigenvalue weighted by molar-refractivity contribution is 0.568. The van der Waals surface area contributed by atoms with Gasteiger partial charge < -0.3 is 0 Å². The van der Waals surface area contributed by atoms with E-state index in [0.29, 0.717) is 0 Å². The Morgan fingerprint density at radius 2 is 1.29 bits per heavy atom. The quantitative estimate of drug-likeness (QED) is 0.264. The molecule has 0 saturated carbocycles. The number of benzene rings is 3. The molecule has 0 amide bonds. The van der Waals surface area contributed by atoms with Crippen molar-refractivity contribution in [2.75, 3.05) is 0 Å². The van der Waals surface area contributed by atoms with Gasteiger partial charge >= 0.3 is 0 Å². The first-order chi connectivity index (χ1) is 15.8. The largest absolute Gasteiger partial charge is 0.192 e. The number of hydrogen-bond donors (Lipinski definition) is 0. The number of hydrogen-bond acceptors (Lipinski definition) is 2. The summed E-state index contributed by atoms with van der Waals surface area (Å²) < 4.78 is 6.45. The highest BCUT2D eigenvalue weighted by atomic mass is 32.2. The lowest BCUT2D eigenvalue weighted by atomic mass is 9.78. The average molecular weight is 490 g/mol. The van der Waals surface area contributed by atoms with Crippen LogP contribution in [0, 0.1) is 27.7 Å². The van der Waals surface area contributed by atoms with Gasteiger partial charge in [-0.2, -0.15) is 4.36 Å². The molecule has 0 aliphatic heterocycles. The summed E-state index contributed by atoms with van der Waals surface area (Å²) in [6.07, 6.45) is 0. The van der Waals surface area contributed by atoms with Crippen LogP contribution in [-0.4, -0.2) is 4.20 Å². The summed E-state index contributed by atoms with van der Waals surface area (Å²) >= 11 is 3.43. The van der Waals surface area contributed by atoms with Crippen molar-refractivity contribution in [1.29, 1.82) is 0 Å². The molecule has 34 heavy (non-hydrogen) atoms. The second kappa shape index (κ2) is 10.3. The van der Waals surface area contributed by atoms with E-state index in [1.807, 2.05) is 11.8 Å².